The minimum Gasteiger partial charge on any atom is -0.340 e. The van der Waals surface area contributed by atoms with Crippen LogP contribution < -0.4 is 22.3 Å². The minimum absolute atomic E-state index is 0.248. The predicted octanol–water partition coefficient (Wildman–Crippen LogP) is -0.947. The monoisotopic (exact) mass is 180 g/mol. The highest BCUT2D eigenvalue weighted by Crippen LogP contribution is 1.75. The summed E-state index contributed by atoms with van der Waals surface area (Å²) in [5, 5.41) is 2.24. The van der Waals surface area contributed by atoms with Crippen LogP contribution in [-0.4, -0.2) is 24.9 Å². The van der Waals surface area contributed by atoms with Crippen molar-refractivity contribution in [1.82, 2.24) is 10.7 Å². The molecule has 0 aromatic rings. The standard InChI is InChI=1S/C3H9NS.C2H7N3O/c1-3(4)2-5;1-4-2(6)5-3/h3,5H,2,4H2,1H3;3H2,1H3,(H2,4,5,6). The van der Waals surface area contributed by atoms with E-state index in [9.17, 15) is 4.79 Å². The van der Waals surface area contributed by atoms with E-state index in [1.54, 1.807) is 0 Å². The molecule has 0 heterocycles. The second-order valence-electron chi connectivity index (χ2n) is 1.88. The first-order valence-electron chi connectivity index (χ1n) is 3.13. The first-order valence-corrected chi connectivity index (χ1v) is 3.76. The van der Waals surface area contributed by atoms with E-state index in [4.69, 9.17) is 5.73 Å². The van der Waals surface area contributed by atoms with Crippen molar-refractivity contribution in [3.8, 4) is 0 Å². The summed E-state index contributed by atoms with van der Waals surface area (Å²) in [6, 6.07) is -0.131. The van der Waals surface area contributed by atoms with Crippen LogP contribution in [0, 0.1) is 0 Å². The molecular formula is C5H16N4OS. The van der Waals surface area contributed by atoms with Crippen molar-refractivity contribution in [1.29, 1.82) is 0 Å². The molecule has 0 aliphatic rings. The van der Waals surface area contributed by atoms with E-state index in [0.29, 0.717) is 0 Å². The normalized spacial score (nSPS) is 10.6. The number of nitrogens with two attached hydrogens (primary N) is 2. The van der Waals surface area contributed by atoms with Crippen molar-refractivity contribution < 1.29 is 4.79 Å². The van der Waals surface area contributed by atoms with Gasteiger partial charge in [-0.05, 0) is 6.92 Å². The Morgan fingerprint density at radius 3 is 2.09 bits per heavy atom. The second kappa shape index (κ2) is 9.54. The average molecular weight is 180 g/mol. The summed E-state index contributed by atoms with van der Waals surface area (Å²) in [5.74, 6) is 5.40. The van der Waals surface area contributed by atoms with E-state index in [1.807, 2.05) is 12.3 Å². The summed E-state index contributed by atoms with van der Waals surface area (Å²) < 4.78 is 0. The van der Waals surface area contributed by atoms with E-state index in [2.05, 4.69) is 23.8 Å². The van der Waals surface area contributed by atoms with Crippen LogP contribution in [0.4, 0.5) is 4.79 Å². The Morgan fingerprint density at radius 2 is 2.09 bits per heavy atom. The Kier molecular flexibility index (Phi) is 11.4. The van der Waals surface area contributed by atoms with E-state index in [1.165, 1.54) is 7.05 Å². The zero-order valence-electron chi connectivity index (χ0n) is 6.79. The molecule has 11 heavy (non-hydrogen) atoms. The summed E-state index contributed by atoms with van der Waals surface area (Å²) in [6.45, 7) is 1.92. The number of amides is 2. The second-order valence-corrected chi connectivity index (χ2v) is 2.25. The Hall–Kier alpha value is -0.460. The van der Waals surface area contributed by atoms with E-state index >= 15 is 0 Å². The highest BCUT2D eigenvalue weighted by atomic mass is 32.1. The van der Waals surface area contributed by atoms with Crippen molar-refractivity contribution >= 4 is 18.7 Å². The first-order chi connectivity index (χ1) is 5.08. The third-order valence-corrected chi connectivity index (χ3v) is 1.22. The van der Waals surface area contributed by atoms with Crippen LogP contribution in [0.3, 0.4) is 0 Å². The lowest BCUT2D eigenvalue weighted by Crippen LogP contribution is -2.37. The number of hydrazine groups is 1. The van der Waals surface area contributed by atoms with Crippen LogP contribution >= 0.6 is 12.6 Å². The fourth-order valence-corrected chi connectivity index (χ4v) is 0.0722. The van der Waals surface area contributed by atoms with Gasteiger partial charge < -0.3 is 11.1 Å². The van der Waals surface area contributed by atoms with Gasteiger partial charge in [-0.15, -0.1) is 0 Å². The summed E-state index contributed by atoms with van der Waals surface area (Å²) in [6.07, 6.45) is 0. The number of rotatable bonds is 1. The molecule has 0 bridgehead atoms. The number of hydrogen-bond donors (Lipinski definition) is 5. The molecule has 0 fully saturated rings. The van der Waals surface area contributed by atoms with Gasteiger partial charge in [0.2, 0.25) is 0 Å². The summed E-state index contributed by atoms with van der Waals surface area (Å²) in [7, 11) is 1.49. The van der Waals surface area contributed by atoms with E-state index in [-0.39, 0.29) is 12.1 Å². The summed E-state index contributed by atoms with van der Waals surface area (Å²) in [4.78, 5) is 9.83. The van der Waals surface area contributed by atoms with Gasteiger partial charge in [-0.25, -0.2) is 10.6 Å². The molecule has 0 radical (unpaired) electrons. The maximum atomic E-state index is 9.83. The lowest BCUT2D eigenvalue weighted by molar-refractivity contribution is 0.243. The molecule has 2 amide bonds. The maximum absolute atomic E-state index is 9.83. The number of thiol groups is 1. The molecule has 0 saturated heterocycles. The molecule has 0 saturated carbocycles. The molecule has 0 aromatic carbocycles. The van der Waals surface area contributed by atoms with Gasteiger partial charge in [-0.2, -0.15) is 12.6 Å². The van der Waals surface area contributed by atoms with Gasteiger partial charge >= 0.3 is 6.03 Å². The van der Waals surface area contributed by atoms with E-state index in [0.717, 1.165) is 5.75 Å². The molecule has 0 aliphatic heterocycles. The number of carbonyl (C=O) groups excluding carboxylic acids is 1. The molecular weight excluding hydrogens is 164 g/mol. The molecule has 0 aromatic heterocycles. The largest absolute Gasteiger partial charge is 0.340 e. The molecule has 0 spiro atoms. The number of hydrogen-bond acceptors (Lipinski definition) is 4. The topological polar surface area (TPSA) is 93.2 Å². The van der Waals surface area contributed by atoms with Crippen molar-refractivity contribution in [2.75, 3.05) is 12.8 Å². The fraction of sp³-hybridized carbons (Fsp3) is 0.800. The number of nitrogens with one attached hydrogen (secondary N) is 2. The maximum Gasteiger partial charge on any atom is 0.328 e. The Morgan fingerprint density at radius 1 is 1.73 bits per heavy atom. The van der Waals surface area contributed by atoms with Gasteiger partial charge in [0.15, 0.2) is 0 Å². The number of carbonyl (C=O) groups is 1. The van der Waals surface area contributed by atoms with Crippen LogP contribution in [0.1, 0.15) is 6.92 Å². The van der Waals surface area contributed by atoms with Gasteiger partial charge in [0, 0.05) is 18.8 Å². The van der Waals surface area contributed by atoms with Gasteiger partial charge in [0.1, 0.15) is 0 Å². The molecule has 6 heteroatoms. The summed E-state index contributed by atoms with van der Waals surface area (Å²) >= 11 is 3.89. The van der Waals surface area contributed by atoms with Crippen LogP contribution in [0.15, 0.2) is 0 Å². The SMILES string of the molecule is CC(N)CS.CNC(=O)NN. The van der Waals surface area contributed by atoms with Crippen molar-refractivity contribution in [3.63, 3.8) is 0 Å². The summed E-state index contributed by atoms with van der Waals surface area (Å²) in [5.41, 5.74) is 7.08. The molecule has 1 unspecified atom stereocenters. The van der Waals surface area contributed by atoms with Gasteiger partial charge in [-0.3, -0.25) is 5.43 Å². The fourth-order valence-electron chi connectivity index (χ4n) is 0.0722. The predicted molar refractivity (Wildman–Crippen MR) is 49.3 cm³/mol. The lowest BCUT2D eigenvalue weighted by atomic mass is 10.4. The van der Waals surface area contributed by atoms with Crippen LogP contribution in [0.2, 0.25) is 0 Å². The highest BCUT2D eigenvalue weighted by molar-refractivity contribution is 7.80. The first kappa shape index (κ1) is 13.2. The third-order valence-electron chi connectivity index (χ3n) is 0.646. The van der Waals surface area contributed by atoms with Crippen LogP contribution in [0.5, 0.6) is 0 Å². The quantitative estimate of drug-likeness (QED) is 0.156. The minimum atomic E-state index is -0.380. The number of urea groups is 1. The van der Waals surface area contributed by atoms with Crippen LogP contribution in [0.25, 0.3) is 0 Å². The lowest BCUT2D eigenvalue weighted by Gasteiger charge is -1.91. The van der Waals surface area contributed by atoms with Crippen LogP contribution in [-0.2, 0) is 0 Å². The molecule has 6 N–H and O–H groups in total. The van der Waals surface area contributed by atoms with Gasteiger partial charge in [0.05, 0.1) is 0 Å². The molecule has 0 rings (SSSR count). The molecule has 0 aliphatic carbocycles. The highest BCUT2D eigenvalue weighted by Gasteiger charge is 1.82. The van der Waals surface area contributed by atoms with Crippen molar-refractivity contribution in [2.24, 2.45) is 11.6 Å². The molecule has 68 valence electrons. The van der Waals surface area contributed by atoms with Crippen molar-refractivity contribution in [3.05, 3.63) is 0 Å². The molecule has 5 nitrogen and oxygen atoms in total. The van der Waals surface area contributed by atoms with Crippen molar-refractivity contribution in [2.45, 2.75) is 13.0 Å². The Labute approximate surface area is 72.3 Å². The van der Waals surface area contributed by atoms with E-state index < -0.39 is 0 Å². The third kappa shape index (κ3) is 17.7. The zero-order chi connectivity index (χ0) is 9.28. The zero-order valence-corrected chi connectivity index (χ0v) is 7.69. The molecule has 1 atom stereocenters. The average Bonchev–Trinajstić information content (AvgIpc) is 2.04. The van der Waals surface area contributed by atoms with Gasteiger partial charge in [-0.1, -0.05) is 0 Å². The Balaban J connectivity index is 0. The smallest absolute Gasteiger partial charge is 0.328 e. The Bertz CT molecular complexity index is 92.5. The van der Waals surface area contributed by atoms with Gasteiger partial charge in [0.25, 0.3) is 0 Å².